The molecule has 0 bridgehead atoms. The van der Waals surface area contributed by atoms with E-state index in [-0.39, 0.29) is 0 Å². The monoisotopic (exact) mass is 230 g/mol. The number of methoxy groups -OCH3 is 1. The summed E-state index contributed by atoms with van der Waals surface area (Å²) >= 11 is 0. The summed E-state index contributed by atoms with van der Waals surface area (Å²) < 4.78 is 5.34. The highest BCUT2D eigenvalue weighted by Crippen LogP contribution is 2.23. The van der Waals surface area contributed by atoms with E-state index in [1.54, 1.807) is 7.11 Å². The van der Waals surface area contributed by atoms with E-state index in [1.807, 2.05) is 19.2 Å². The Morgan fingerprint density at radius 3 is 2.82 bits per heavy atom. The van der Waals surface area contributed by atoms with Gasteiger partial charge in [-0.1, -0.05) is 18.2 Å². The number of rotatable bonds is 4. The molecule has 90 valence electrons. The average molecular weight is 230 g/mol. The van der Waals surface area contributed by atoms with Crippen LogP contribution in [0.3, 0.4) is 0 Å². The van der Waals surface area contributed by atoms with Gasteiger partial charge in [0.25, 0.3) is 0 Å². The second-order valence-electron chi connectivity index (χ2n) is 4.23. The van der Waals surface area contributed by atoms with Gasteiger partial charge in [-0.3, -0.25) is 0 Å². The first-order chi connectivity index (χ1) is 8.24. The molecule has 17 heavy (non-hydrogen) atoms. The zero-order valence-corrected chi connectivity index (χ0v) is 10.5. The van der Waals surface area contributed by atoms with Crippen LogP contribution in [0, 0.1) is 0 Å². The van der Waals surface area contributed by atoms with E-state index in [4.69, 9.17) is 4.74 Å². The van der Waals surface area contributed by atoms with Crippen LogP contribution in [0.1, 0.15) is 12.6 Å². The van der Waals surface area contributed by atoms with E-state index >= 15 is 0 Å². The van der Waals surface area contributed by atoms with E-state index in [9.17, 15) is 0 Å². The van der Waals surface area contributed by atoms with Crippen molar-refractivity contribution >= 4 is 10.9 Å². The Morgan fingerprint density at radius 2 is 2.12 bits per heavy atom. The van der Waals surface area contributed by atoms with Crippen molar-refractivity contribution in [3.8, 4) is 5.75 Å². The first kappa shape index (κ1) is 11.9. The van der Waals surface area contributed by atoms with Gasteiger partial charge in [-0.2, -0.15) is 0 Å². The lowest BCUT2D eigenvalue weighted by Crippen LogP contribution is -2.23. The summed E-state index contributed by atoms with van der Waals surface area (Å²) in [5, 5.41) is 4.33. The molecule has 0 saturated carbocycles. The van der Waals surface area contributed by atoms with Crippen molar-refractivity contribution in [2.24, 2.45) is 0 Å². The van der Waals surface area contributed by atoms with Crippen molar-refractivity contribution in [3.63, 3.8) is 0 Å². The van der Waals surface area contributed by atoms with Crippen molar-refractivity contribution in [2.75, 3.05) is 14.2 Å². The summed E-state index contributed by atoms with van der Waals surface area (Å²) in [5.74, 6) is 0.835. The van der Waals surface area contributed by atoms with Gasteiger partial charge in [0.2, 0.25) is 0 Å². The number of aromatic nitrogens is 1. The van der Waals surface area contributed by atoms with Gasteiger partial charge in [0.05, 0.1) is 7.11 Å². The molecule has 2 aromatic rings. The van der Waals surface area contributed by atoms with Crippen LogP contribution in [-0.2, 0) is 6.42 Å². The van der Waals surface area contributed by atoms with Crippen molar-refractivity contribution in [1.29, 1.82) is 0 Å². The third-order valence-electron chi connectivity index (χ3n) is 2.97. The van der Waals surface area contributed by atoms with Crippen LogP contribution in [0.4, 0.5) is 0 Å². The lowest BCUT2D eigenvalue weighted by molar-refractivity contribution is 0.418. The number of hydrogen-bond acceptors (Lipinski definition) is 3. The number of likely N-dealkylation sites (N-methyl/N-ethyl adjacent to an activating group) is 1. The largest absolute Gasteiger partial charge is 0.494 e. The van der Waals surface area contributed by atoms with E-state index in [2.05, 4.69) is 35.4 Å². The van der Waals surface area contributed by atoms with Gasteiger partial charge in [0.1, 0.15) is 11.3 Å². The highest BCUT2D eigenvalue weighted by atomic mass is 16.5. The summed E-state index contributed by atoms with van der Waals surface area (Å²) in [6.45, 7) is 2.15. The number of nitrogens with one attached hydrogen (secondary N) is 1. The molecule has 2 rings (SSSR count). The lowest BCUT2D eigenvalue weighted by Gasteiger charge is -2.11. The normalized spacial score (nSPS) is 12.6. The van der Waals surface area contributed by atoms with Crippen LogP contribution < -0.4 is 10.1 Å². The molecule has 0 radical (unpaired) electrons. The van der Waals surface area contributed by atoms with Gasteiger partial charge in [0, 0.05) is 23.5 Å². The van der Waals surface area contributed by atoms with E-state index in [1.165, 1.54) is 0 Å². The standard InChI is InChI=1S/C14H18N2O/c1-10(15-2)9-12-8-7-11-5-4-6-13(17-3)14(11)16-12/h4-8,10,15H,9H2,1-3H3/t10-/m1/s1. The number of ether oxygens (including phenoxy) is 1. The number of fused-ring (bicyclic) bond motifs is 1. The zero-order valence-electron chi connectivity index (χ0n) is 10.5. The predicted molar refractivity (Wildman–Crippen MR) is 70.5 cm³/mol. The van der Waals surface area contributed by atoms with Crippen LogP contribution in [0.5, 0.6) is 5.75 Å². The first-order valence-electron chi connectivity index (χ1n) is 5.84. The van der Waals surface area contributed by atoms with Gasteiger partial charge in [0.15, 0.2) is 0 Å². The minimum absolute atomic E-state index is 0.426. The molecule has 1 N–H and O–H groups in total. The molecule has 0 saturated heterocycles. The fraction of sp³-hybridized carbons (Fsp3) is 0.357. The minimum Gasteiger partial charge on any atom is -0.494 e. The number of pyridine rings is 1. The maximum absolute atomic E-state index is 5.34. The number of para-hydroxylation sites is 1. The maximum atomic E-state index is 5.34. The third kappa shape index (κ3) is 2.56. The highest BCUT2D eigenvalue weighted by molar-refractivity contribution is 5.84. The molecule has 0 aliphatic heterocycles. The number of benzene rings is 1. The van der Waals surface area contributed by atoms with Gasteiger partial charge >= 0.3 is 0 Å². The van der Waals surface area contributed by atoms with Gasteiger partial charge < -0.3 is 10.1 Å². The van der Waals surface area contributed by atoms with Gasteiger partial charge in [-0.15, -0.1) is 0 Å². The molecule has 0 amide bonds. The fourth-order valence-corrected chi connectivity index (χ4v) is 1.85. The summed E-state index contributed by atoms with van der Waals surface area (Å²) in [6.07, 6.45) is 0.921. The molecule has 0 aliphatic carbocycles. The minimum atomic E-state index is 0.426. The number of hydrogen-bond donors (Lipinski definition) is 1. The van der Waals surface area contributed by atoms with Crippen molar-refractivity contribution in [3.05, 3.63) is 36.0 Å². The zero-order chi connectivity index (χ0) is 12.3. The Bertz CT molecular complexity index is 511. The Hall–Kier alpha value is -1.61. The highest BCUT2D eigenvalue weighted by Gasteiger charge is 2.06. The van der Waals surface area contributed by atoms with Crippen LogP contribution in [-0.4, -0.2) is 25.2 Å². The molecule has 0 fully saturated rings. The van der Waals surface area contributed by atoms with Crippen molar-refractivity contribution in [1.82, 2.24) is 10.3 Å². The Balaban J connectivity index is 2.41. The summed E-state index contributed by atoms with van der Waals surface area (Å²) in [5.41, 5.74) is 2.03. The van der Waals surface area contributed by atoms with Gasteiger partial charge in [-0.05, 0) is 26.1 Å². The molecular weight excluding hydrogens is 212 g/mol. The molecule has 1 aromatic carbocycles. The number of nitrogens with zero attached hydrogens (tertiary/aromatic N) is 1. The second kappa shape index (κ2) is 5.15. The van der Waals surface area contributed by atoms with E-state index < -0.39 is 0 Å². The quantitative estimate of drug-likeness (QED) is 0.875. The maximum Gasteiger partial charge on any atom is 0.145 e. The van der Waals surface area contributed by atoms with Crippen molar-refractivity contribution in [2.45, 2.75) is 19.4 Å². The molecule has 3 nitrogen and oxygen atoms in total. The van der Waals surface area contributed by atoms with Crippen LogP contribution in [0.15, 0.2) is 30.3 Å². The Kier molecular flexibility index (Phi) is 3.59. The van der Waals surface area contributed by atoms with Crippen LogP contribution in [0.2, 0.25) is 0 Å². The first-order valence-corrected chi connectivity index (χ1v) is 5.84. The van der Waals surface area contributed by atoms with E-state index in [0.717, 1.165) is 28.8 Å². The Labute approximate surface area is 102 Å². The van der Waals surface area contributed by atoms with Gasteiger partial charge in [-0.25, -0.2) is 4.98 Å². The molecule has 0 unspecified atom stereocenters. The predicted octanol–water partition coefficient (Wildman–Crippen LogP) is 2.39. The average Bonchev–Trinajstić information content (AvgIpc) is 2.37. The summed E-state index contributed by atoms with van der Waals surface area (Å²) in [4.78, 5) is 4.67. The molecule has 0 spiro atoms. The molecule has 1 atom stereocenters. The molecular formula is C14H18N2O. The van der Waals surface area contributed by atoms with Crippen LogP contribution in [0.25, 0.3) is 10.9 Å². The molecule has 1 heterocycles. The van der Waals surface area contributed by atoms with Crippen molar-refractivity contribution < 1.29 is 4.74 Å². The summed E-state index contributed by atoms with van der Waals surface area (Å²) in [7, 11) is 3.64. The SMILES string of the molecule is CN[C@H](C)Cc1ccc2cccc(OC)c2n1. The molecule has 1 aromatic heterocycles. The van der Waals surface area contributed by atoms with E-state index in [0.29, 0.717) is 6.04 Å². The lowest BCUT2D eigenvalue weighted by atomic mass is 10.1. The fourth-order valence-electron chi connectivity index (χ4n) is 1.85. The smallest absolute Gasteiger partial charge is 0.145 e. The molecule has 3 heteroatoms. The second-order valence-corrected chi connectivity index (χ2v) is 4.23. The third-order valence-corrected chi connectivity index (χ3v) is 2.97. The van der Waals surface area contributed by atoms with Crippen LogP contribution >= 0.6 is 0 Å². The molecule has 0 aliphatic rings. The Morgan fingerprint density at radius 1 is 1.29 bits per heavy atom. The topological polar surface area (TPSA) is 34.1 Å². The summed E-state index contributed by atoms with van der Waals surface area (Å²) in [6, 6.07) is 10.6.